The highest BCUT2D eigenvalue weighted by atomic mass is 16.7. The van der Waals surface area contributed by atoms with Crippen LogP contribution < -0.4 is 10.1 Å². The Bertz CT molecular complexity index is 820. The quantitative estimate of drug-likeness (QED) is 0.205. The normalized spacial score (nSPS) is 10.1. The minimum absolute atomic E-state index is 0.0342. The molecule has 29 heavy (non-hydrogen) atoms. The Balaban J connectivity index is 1.74. The van der Waals surface area contributed by atoms with Gasteiger partial charge in [0.15, 0.2) is 0 Å². The highest BCUT2D eigenvalue weighted by molar-refractivity contribution is 5.84. The maximum Gasteiger partial charge on any atom is 0.514 e. The van der Waals surface area contributed by atoms with Gasteiger partial charge in [-0.05, 0) is 36.2 Å². The zero-order valence-electron chi connectivity index (χ0n) is 16.0. The number of carbonyl (C=O) groups is 2. The highest BCUT2D eigenvalue weighted by Crippen LogP contribution is 2.18. The van der Waals surface area contributed by atoms with Gasteiger partial charge < -0.3 is 14.2 Å². The molecule has 0 aliphatic carbocycles. The number of nitro groups is 1. The minimum atomic E-state index is -0.934. The summed E-state index contributed by atoms with van der Waals surface area (Å²) in [5.74, 6) is 0.137. The number of hydrogen-bond acceptors (Lipinski definition) is 7. The van der Waals surface area contributed by atoms with E-state index < -0.39 is 17.2 Å². The Morgan fingerprint density at radius 2 is 1.69 bits per heavy atom. The van der Waals surface area contributed by atoms with E-state index in [1.54, 1.807) is 24.3 Å². The van der Waals surface area contributed by atoms with Crippen molar-refractivity contribution < 1.29 is 28.7 Å². The number of nitro benzene ring substituents is 1. The molecule has 0 spiro atoms. The first kappa shape index (κ1) is 21.7. The van der Waals surface area contributed by atoms with Crippen LogP contribution in [0.2, 0.25) is 0 Å². The fraction of sp³-hybridized carbons (Fsp3) is 0.300. The molecule has 0 radical (unpaired) electrons. The molecule has 0 aliphatic heterocycles. The molecule has 0 aromatic heterocycles. The molecule has 0 heterocycles. The van der Waals surface area contributed by atoms with Crippen LogP contribution in [0.15, 0.2) is 48.5 Å². The number of hydrogen-bond donors (Lipinski definition) is 1. The van der Waals surface area contributed by atoms with Crippen LogP contribution in [-0.2, 0) is 16.1 Å². The van der Waals surface area contributed by atoms with E-state index in [1.165, 1.54) is 24.3 Å². The first-order valence-electron chi connectivity index (χ1n) is 9.09. The van der Waals surface area contributed by atoms with Gasteiger partial charge in [0.25, 0.3) is 5.69 Å². The van der Waals surface area contributed by atoms with E-state index in [0.29, 0.717) is 17.9 Å². The number of nitrogens with zero attached hydrogens (tertiary/aromatic N) is 1. The zero-order chi connectivity index (χ0) is 21.1. The maximum atomic E-state index is 11.7. The van der Waals surface area contributed by atoms with Crippen molar-refractivity contribution in [1.82, 2.24) is 0 Å². The third-order valence-corrected chi connectivity index (χ3v) is 3.79. The lowest BCUT2D eigenvalue weighted by atomic mass is 10.2. The molecule has 1 amide bonds. The lowest BCUT2D eigenvalue weighted by molar-refractivity contribution is -0.384. The van der Waals surface area contributed by atoms with Gasteiger partial charge in [0.2, 0.25) is 0 Å². The molecule has 1 N–H and O–H groups in total. The van der Waals surface area contributed by atoms with Gasteiger partial charge in [-0.25, -0.2) is 9.59 Å². The predicted molar refractivity (Wildman–Crippen MR) is 105 cm³/mol. The van der Waals surface area contributed by atoms with Gasteiger partial charge in [0, 0.05) is 17.8 Å². The van der Waals surface area contributed by atoms with Crippen LogP contribution in [-0.4, -0.2) is 23.8 Å². The molecule has 0 unspecified atom stereocenters. The summed E-state index contributed by atoms with van der Waals surface area (Å²) in [6, 6.07) is 11.8. The van der Waals surface area contributed by atoms with Crippen LogP contribution in [0.3, 0.4) is 0 Å². The summed E-state index contributed by atoms with van der Waals surface area (Å²) in [4.78, 5) is 33.4. The van der Waals surface area contributed by atoms with Gasteiger partial charge >= 0.3 is 12.2 Å². The first-order chi connectivity index (χ1) is 14.0. The van der Waals surface area contributed by atoms with Crippen molar-refractivity contribution in [3.63, 3.8) is 0 Å². The van der Waals surface area contributed by atoms with Gasteiger partial charge in [-0.2, -0.15) is 0 Å². The number of nitrogens with one attached hydrogen (secondary N) is 1. The maximum absolute atomic E-state index is 11.7. The van der Waals surface area contributed by atoms with Crippen molar-refractivity contribution >= 4 is 23.6 Å². The van der Waals surface area contributed by atoms with Gasteiger partial charge in [0.1, 0.15) is 12.4 Å². The summed E-state index contributed by atoms with van der Waals surface area (Å²) < 4.78 is 15.0. The van der Waals surface area contributed by atoms with E-state index in [4.69, 9.17) is 14.2 Å². The Labute approximate surface area is 167 Å². The Morgan fingerprint density at radius 1 is 1.00 bits per heavy atom. The summed E-state index contributed by atoms with van der Waals surface area (Å²) in [6.45, 7) is 2.41. The largest absolute Gasteiger partial charge is 0.514 e. The summed E-state index contributed by atoms with van der Waals surface area (Å²) in [7, 11) is 0. The molecule has 0 fully saturated rings. The Morgan fingerprint density at radius 3 is 2.31 bits per heavy atom. The number of ether oxygens (including phenoxy) is 3. The molecule has 0 saturated heterocycles. The van der Waals surface area contributed by atoms with E-state index in [9.17, 15) is 19.7 Å². The fourth-order valence-corrected chi connectivity index (χ4v) is 2.26. The van der Waals surface area contributed by atoms with Crippen LogP contribution in [0.4, 0.5) is 21.0 Å². The van der Waals surface area contributed by atoms with Crippen LogP contribution in [0.5, 0.6) is 5.75 Å². The monoisotopic (exact) mass is 402 g/mol. The van der Waals surface area contributed by atoms with Crippen molar-refractivity contribution in [2.24, 2.45) is 0 Å². The molecule has 2 aromatic carbocycles. The predicted octanol–water partition coefficient (Wildman–Crippen LogP) is 5.05. The average Bonchev–Trinajstić information content (AvgIpc) is 2.71. The van der Waals surface area contributed by atoms with E-state index in [-0.39, 0.29) is 18.0 Å². The van der Waals surface area contributed by atoms with Crippen LogP contribution in [0.25, 0.3) is 0 Å². The Hall–Kier alpha value is -3.62. The number of non-ortho nitro benzene ring substituents is 1. The number of carbonyl (C=O) groups excluding carboxylic acids is 2. The molecule has 9 nitrogen and oxygen atoms in total. The molecular weight excluding hydrogens is 380 g/mol. The number of unbranched alkanes of at least 4 members (excludes halogenated alkanes) is 2. The topological polar surface area (TPSA) is 117 Å². The second-order valence-electron chi connectivity index (χ2n) is 6.06. The van der Waals surface area contributed by atoms with Crippen molar-refractivity contribution in [3.8, 4) is 5.75 Å². The van der Waals surface area contributed by atoms with E-state index in [2.05, 4.69) is 12.2 Å². The molecule has 2 rings (SSSR count). The first-order valence-corrected chi connectivity index (χ1v) is 9.09. The van der Waals surface area contributed by atoms with Gasteiger partial charge in [-0.3, -0.25) is 15.4 Å². The van der Waals surface area contributed by atoms with Gasteiger partial charge in [-0.15, -0.1) is 0 Å². The smallest absolute Gasteiger partial charge is 0.449 e. The highest BCUT2D eigenvalue weighted by Gasteiger charge is 2.10. The molecule has 9 heteroatoms. The summed E-state index contributed by atoms with van der Waals surface area (Å²) in [6.07, 6.45) is 1.44. The number of benzene rings is 2. The van der Waals surface area contributed by atoms with E-state index in [1.807, 2.05) is 0 Å². The lowest BCUT2D eigenvalue weighted by Gasteiger charge is -2.08. The number of rotatable bonds is 9. The Kier molecular flexibility index (Phi) is 8.43. The second-order valence-corrected chi connectivity index (χ2v) is 6.06. The van der Waals surface area contributed by atoms with E-state index in [0.717, 1.165) is 19.3 Å². The minimum Gasteiger partial charge on any atom is -0.449 e. The average molecular weight is 402 g/mol. The van der Waals surface area contributed by atoms with Crippen molar-refractivity contribution in [2.75, 3.05) is 11.9 Å². The zero-order valence-corrected chi connectivity index (χ0v) is 16.0. The van der Waals surface area contributed by atoms with E-state index >= 15 is 0 Å². The summed E-state index contributed by atoms with van der Waals surface area (Å²) in [5.41, 5.74) is 1.14. The molecular formula is C20H22N2O7. The van der Waals surface area contributed by atoms with Crippen molar-refractivity contribution in [1.29, 1.82) is 0 Å². The molecule has 0 saturated carbocycles. The number of anilines is 1. The standard InChI is InChI=1S/C20H22N2O7/c1-2-3-4-13-27-19(23)21-16-7-5-15(6-8-16)14-28-20(24)29-18-11-9-17(10-12-18)22(25)26/h5-12H,2-4,13-14H2,1H3,(H,21,23). The fourth-order valence-electron chi connectivity index (χ4n) is 2.26. The molecule has 0 atom stereocenters. The van der Waals surface area contributed by atoms with Crippen LogP contribution in [0.1, 0.15) is 31.7 Å². The van der Waals surface area contributed by atoms with Gasteiger partial charge in [-0.1, -0.05) is 31.9 Å². The van der Waals surface area contributed by atoms with Crippen LogP contribution >= 0.6 is 0 Å². The van der Waals surface area contributed by atoms with Gasteiger partial charge in [0.05, 0.1) is 11.5 Å². The summed E-state index contributed by atoms with van der Waals surface area (Å²) >= 11 is 0. The number of amides is 1. The van der Waals surface area contributed by atoms with Crippen LogP contribution in [0, 0.1) is 10.1 Å². The molecule has 154 valence electrons. The SMILES string of the molecule is CCCCCOC(=O)Nc1ccc(COC(=O)Oc2ccc([N+](=O)[O-])cc2)cc1. The second kappa shape index (κ2) is 11.3. The summed E-state index contributed by atoms with van der Waals surface area (Å²) in [5, 5.41) is 13.2. The van der Waals surface area contributed by atoms with Crippen molar-refractivity contribution in [3.05, 3.63) is 64.2 Å². The molecule has 2 aromatic rings. The van der Waals surface area contributed by atoms with Crippen molar-refractivity contribution in [2.45, 2.75) is 32.8 Å². The third-order valence-electron chi connectivity index (χ3n) is 3.79. The molecule has 0 bridgehead atoms. The lowest BCUT2D eigenvalue weighted by Crippen LogP contribution is -2.14. The molecule has 0 aliphatic rings. The third kappa shape index (κ3) is 7.87.